The summed E-state index contributed by atoms with van der Waals surface area (Å²) >= 11 is 0. The molecule has 0 aromatic heterocycles. The van der Waals surface area contributed by atoms with Crippen molar-refractivity contribution in [3.8, 4) is 0 Å². The van der Waals surface area contributed by atoms with Gasteiger partial charge < -0.3 is 10.4 Å². The Labute approximate surface area is 133 Å². The number of nitrogens with zero attached hydrogens (tertiary/aromatic N) is 1. The maximum Gasteiger partial charge on any atom is 0.221 e. The van der Waals surface area contributed by atoms with Crippen molar-refractivity contribution in [2.45, 2.75) is 52.1 Å². The molecule has 1 aliphatic rings. The second-order valence-corrected chi connectivity index (χ2v) is 6.89. The Morgan fingerprint density at radius 1 is 1.45 bits per heavy atom. The minimum Gasteiger partial charge on any atom is -0.394 e. The molecule has 122 valence electrons. The normalized spacial score (nSPS) is 22.2. The van der Waals surface area contributed by atoms with Gasteiger partial charge in [0, 0.05) is 24.7 Å². The van der Waals surface area contributed by atoms with Crippen molar-refractivity contribution in [2.24, 2.45) is 5.92 Å². The number of rotatable bonds is 6. The van der Waals surface area contributed by atoms with Gasteiger partial charge in [0.15, 0.2) is 0 Å². The molecule has 0 radical (unpaired) electrons. The number of carbonyl (C=O) groups excluding carboxylic acids is 1. The molecule has 2 N–H and O–H groups in total. The Kier molecular flexibility index (Phi) is 5.59. The van der Waals surface area contributed by atoms with Crippen LogP contribution in [0.4, 0.5) is 5.69 Å². The monoisotopic (exact) mass is 304 g/mol. The topological polar surface area (TPSA) is 52.6 Å². The van der Waals surface area contributed by atoms with Crippen molar-refractivity contribution >= 4 is 11.6 Å². The van der Waals surface area contributed by atoms with Crippen LogP contribution in [0.25, 0.3) is 0 Å². The van der Waals surface area contributed by atoms with Crippen molar-refractivity contribution in [1.82, 2.24) is 4.90 Å². The Balaban J connectivity index is 2.13. The number of aliphatic hydroxyl groups is 1. The first-order chi connectivity index (χ1) is 10.4. The molecule has 1 aliphatic heterocycles. The lowest BCUT2D eigenvalue weighted by Crippen LogP contribution is -2.47. The summed E-state index contributed by atoms with van der Waals surface area (Å²) in [5.41, 5.74) is 1.93. The first-order valence-electron chi connectivity index (χ1n) is 8.17. The van der Waals surface area contributed by atoms with E-state index in [1.807, 2.05) is 18.2 Å². The number of nitrogens with one attached hydrogen (secondary N) is 1. The van der Waals surface area contributed by atoms with Crippen molar-refractivity contribution in [3.63, 3.8) is 0 Å². The van der Waals surface area contributed by atoms with Gasteiger partial charge in [-0.05, 0) is 49.4 Å². The summed E-state index contributed by atoms with van der Waals surface area (Å²) in [4.78, 5) is 13.6. The Bertz CT molecular complexity index is 516. The number of hydrogen-bond acceptors (Lipinski definition) is 3. The average Bonchev–Trinajstić information content (AvgIpc) is 2.81. The van der Waals surface area contributed by atoms with E-state index in [1.54, 1.807) is 0 Å². The molecular formula is C18H28N2O2. The smallest absolute Gasteiger partial charge is 0.221 e. The van der Waals surface area contributed by atoms with Crippen molar-refractivity contribution in [1.29, 1.82) is 0 Å². The van der Waals surface area contributed by atoms with E-state index in [9.17, 15) is 9.90 Å². The molecular weight excluding hydrogens is 276 g/mol. The van der Waals surface area contributed by atoms with Crippen LogP contribution in [-0.4, -0.2) is 34.6 Å². The van der Waals surface area contributed by atoms with Crippen LogP contribution in [-0.2, 0) is 11.3 Å². The number of carbonyl (C=O) groups is 1. The van der Waals surface area contributed by atoms with Gasteiger partial charge in [-0.25, -0.2) is 0 Å². The molecule has 0 aliphatic carbocycles. The summed E-state index contributed by atoms with van der Waals surface area (Å²) in [6, 6.07) is 7.99. The molecule has 1 heterocycles. The van der Waals surface area contributed by atoms with Crippen LogP contribution in [0, 0.1) is 5.92 Å². The first kappa shape index (κ1) is 17.0. The van der Waals surface area contributed by atoms with Gasteiger partial charge in [0.1, 0.15) is 0 Å². The predicted molar refractivity (Wildman–Crippen MR) is 89.7 cm³/mol. The Hall–Kier alpha value is -1.39. The lowest BCUT2D eigenvalue weighted by molar-refractivity contribution is -0.114. The predicted octanol–water partition coefficient (Wildman–Crippen LogP) is 3.02. The quantitative estimate of drug-likeness (QED) is 0.849. The van der Waals surface area contributed by atoms with E-state index in [2.05, 4.69) is 30.1 Å². The van der Waals surface area contributed by atoms with E-state index >= 15 is 0 Å². The lowest BCUT2D eigenvalue weighted by atomic mass is 9.87. The van der Waals surface area contributed by atoms with Gasteiger partial charge in [-0.1, -0.05) is 26.0 Å². The van der Waals surface area contributed by atoms with Gasteiger partial charge >= 0.3 is 0 Å². The third kappa shape index (κ3) is 4.08. The standard InChI is InChI=1S/C18H28N2O2/c1-14(2)11-18(13-21)8-5-9-20(18)12-16-6-4-7-17(10-16)19-15(3)22/h4,6-7,10,14,21H,5,8-9,11-13H2,1-3H3,(H,19,22)/t18-/m0/s1. The number of anilines is 1. The van der Waals surface area contributed by atoms with Gasteiger partial charge in [0.25, 0.3) is 0 Å². The minimum absolute atomic E-state index is 0.0529. The molecule has 0 saturated carbocycles. The van der Waals surface area contributed by atoms with Gasteiger partial charge in [0.05, 0.1) is 6.61 Å². The summed E-state index contributed by atoms with van der Waals surface area (Å²) in [5.74, 6) is 0.515. The van der Waals surface area contributed by atoms with Gasteiger partial charge in [-0.15, -0.1) is 0 Å². The van der Waals surface area contributed by atoms with E-state index in [0.29, 0.717) is 5.92 Å². The van der Waals surface area contributed by atoms with E-state index in [0.717, 1.165) is 38.0 Å². The van der Waals surface area contributed by atoms with Crippen LogP contribution in [0.1, 0.15) is 45.6 Å². The number of aliphatic hydroxyl groups excluding tert-OH is 1. The highest BCUT2D eigenvalue weighted by Crippen LogP contribution is 2.36. The Morgan fingerprint density at radius 2 is 2.23 bits per heavy atom. The zero-order valence-electron chi connectivity index (χ0n) is 13.9. The Morgan fingerprint density at radius 3 is 2.86 bits per heavy atom. The number of likely N-dealkylation sites (tertiary alicyclic amines) is 1. The maximum atomic E-state index is 11.2. The fourth-order valence-electron chi connectivity index (χ4n) is 3.65. The molecule has 4 nitrogen and oxygen atoms in total. The highest BCUT2D eigenvalue weighted by molar-refractivity contribution is 5.88. The molecule has 1 atom stereocenters. The summed E-state index contributed by atoms with van der Waals surface area (Å²) in [5, 5.41) is 12.8. The average molecular weight is 304 g/mol. The fourth-order valence-corrected chi connectivity index (χ4v) is 3.65. The lowest BCUT2D eigenvalue weighted by Gasteiger charge is -2.38. The summed E-state index contributed by atoms with van der Waals surface area (Å²) in [6.45, 7) is 8.01. The summed E-state index contributed by atoms with van der Waals surface area (Å²) in [6.07, 6.45) is 3.22. The van der Waals surface area contributed by atoms with E-state index < -0.39 is 0 Å². The maximum absolute atomic E-state index is 11.2. The molecule has 4 heteroatoms. The van der Waals surface area contributed by atoms with Gasteiger partial charge in [0.2, 0.25) is 5.91 Å². The molecule has 22 heavy (non-hydrogen) atoms. The molecule has 2 rings (SSSR count). The third-order valence-electron chi connectivity index (χ3n) is 4.44. The second kappa shape index (κ2) is 7.25. The largest absolute Gasteiger partial charge is 0.394 e. The molecule has 1 saturated heterocycles. The van der Waals surface area contributed by atoms with E-state index in [1.165, 1.54) is 12.5 Å². The molecule has 1 fully saturated rings. The highest BCUT2D eigenvalue weighted by atomic mass is 16.3. The van der Waals surface area contributed by atoms with Crippen molar-refractivity contribution in [2.75, 3.05) is 18.5 Å². The fraction of sp³-hybridized carbons (Fsp3) is 0.611. The molecule has 0 spiro atoms. The van der Waals surface area contributed by atoms with Crippen LogP contribution < -0.4 is 5.32 Å². The number of amides is 1. The SMILES string of the molecule is CC(=O)Nc1cccc(CN2CCC[C@@]2(CO)CC(C)C)c1. The minimum atomic E-state index is -0.0851. The van der Waals surface area contributed by atoms with Crippen molar-refractivity contribution in [3.05, 3.63) is 29.8 Å². The van der Waals surface area contributed by atoms with E-state index in [4.69, 9.17) is 0 Å². The first-order valence-corrected chi connectivity index (χ1v) is 8.17. The highest BCUT2D eigenvalue weighted by Gasteiger charge is 2.40. The molecule has 1 amide bonds. The van der Waals surface area contributed by atoms with Crippen LogP contribution in [0.15, 0.2) is 24.3 Å². The number of benzene rings is 1. The molecule has 1 aromatic rings. The van der Waals surface area contributed by atoms with Crippen LogP contribution in [0.3, 0.4) is 0 Å². The zero-order chi connectivity index (χ0) is 16.2. The van der Waals surface area contributed by atoms with E-state index in [-0.39, 0.29) is 18.1 Å². The van der Waals surface area contributed by atoms with Crippen LogP contribution in [0.2, 0.25) is 0 Å². The zero-order valence-corrected chi connectivity index (χ0v) is 13.9. The molecule has 0 bridgehead atoms. The van der Waals surface area contributed by atoms with Crippen LogP contribution >= 0.6 is 0 Å². The third-order valence-corrected chi connectivity index (χ3v) is 4.44. The summed E-state index contributed by atoms with van der Waals surface area (Å²) < 4.78 is 0. The molecule has 1 aromatic carbocycles. The molecule has 0 unspecified atom stereocenters. The van der Waals surface area contributed by atoms with Crippen molar-refractivity contribution < 1.29 is 9.90 Å². The van der Waals surface area contributed by atoms with Crippen LogP contribution in [0.5, 0.6) is 0 Å². The van der Waals surface area contributed by atoms with Gasteiger partial charge in [-0.3, -0.25) is 9.69 Å². The van der Waals surface area contributed by atoms with Gasteiger partial charge in [-0.2, -0.15) is 0 Å². The number of hydrogen-bond donors (Lipinski definition) is 2. The summed E-state index contributed by atoms with van der Waals surface area (Å²) in [7, 11) is 0. The second-order valence-electron chi connectivity index (χ2n) is 6.89.